The van der Waals surface area contributed by atoms with Gasteiger partial charge in [0.1, 0.15) is 0 Å². The lowest BCUT2D eigenvalue weighted by atomic mass is 10.2. The van der Waals surface area contributed by atoms with Gasteiger partial charge in [-0.2, -0.15) is 0 Å². The summed E-state index contributed by atoms with van der Waals surface area (Å²) in [6.07, 6.45) is 4.81. The van der Waals surface area contributed by atoms with Gasteiger partial charge in [-0.15, -0.1) is 0 Å². The van der Waals surface area contributed by atoms with Crippen molar-refractivity contribution in [2.45, 2.75) is 32.6 Å². The highest BCUT2D eigenvalue weighted by molar-refractivity contribution is 5.86. The quantitative estimate of drug-likeness (QED) is 0.378. The van der Waals surface area contributed by atoms with Crippen LogP contribution in [0.3, 0.4) is 0 Å². The number of carboxylic acids is 2. The number of hydrogen-bond acceptors (Lipinski definition) is 4. The fraction of sp³-hybridized carbons (Fsp3) is 0.286. The maximum Gasteiger partial charge on any atom is 0.330 e. The molecule has 0 aromatic heterocycles. The van der Waals surface area contributed by atoms with E-state index in [1.165, 1.54) is 11.6 Å². The Labute approximate surface area is 160 Å². The largest absolute Gasteiger partial charge is 0.481 e. The van der Waals surface area contributed by atoms with E-state index in [-0.39, 0.29) is 24.4 Å². The molecule has 0 atom stereocenters. The maximum absolute atomic E-state index is 10.3. The number of aliphatic carboxylic acids is 2. The molecule has 0 fully saturated rings. The molecular formula is C21H28O6. The zero-order valence-corrected chi connectivity index (χ0v) is 15.7. The summed E-state index contributed by atoms with van der Waals surface area (Å²) >= 11 is 0. The molecule has 1 aromatic carbocycles. The van der Waals surface area contributed by atoms with Gasteiger partial charge in [0.05, 0.1) is 6.61 Å². The van der Waals surface area contributed by atoms with Crippen molar-refractivity contribution in [3.05, 3.63) is 67.3 Å². The topological polar surface area (TPSA) is 101 Å². The third-order valence-corrected chi connectivity index (χ3v) is 2.89. The zero-order valence-electron chi connectivity index (χ0n) is 15.7. The van der Waals surface area contributed by atoms with Crippen LogP contribution in [-0.2, 0) is 19.1 Å². The first-order chi connectivity index (χ1) is 12.8. The number of carboxylic acid groups (broad SMARTS) is 2. The Morgan fingerprint density at radius 2 is 1.67 bits per heavy atom. The molecule has 0 aliphatic heterocycles. The number of hydrogen-bond donors (Lipinski definition) is 2. The number of carbonyl (C=O) groups is 3. The van der Waals surface area contributed by atoms with Crippen molar-refractivity contribution in [2.24, 2.45) is 0 Å². The predicted octanol–water partition coefficient (Wildman–Crippen LogP) is 4.34. The van der Waals surface area contributed by atoms with Crippen molar-refractivity contribution in [2.75, 3.05) is 6.61 Å². The van der Waals surface area contributed by atoms with Crippen LogP contribution in [0.1, 0.15) is 38.2 Å². The summed E-state index contributed by atoms with van der Waals surface area (Å²) in [6, 6.07) is 10.0. The summed E-state index contributed by atoms with van der Waals surface area (Å²) in [5.74, 6) is -2.48. The predicted molar refractivity (Wildman–Crippen MR) is 106 cm³/mol. The molecule has 0 radical (unpaired) electrons. The lowest BCUT2D eigenvalue weighted by Crippen LogP contribution is -2.02. The molecular weight excluding hydrogens is 348 g/mol. The average molecular weight is 376 g/mol. The third-order valence-electron chi connectivity index (χ3n) is 2.89. The average Bonchev–Trinajstić information content (AvgIpc) is 2.67. The molecule has 0 heterocycles. The summed E-state index contributed by atoms with van der Waals surface area (Å²) < 4.78 is 4.67. The molecule has 0 amide bonds. The molecule has 6 nitrogen and oxygen atoms in total. The normalized spacial score (nSPS) is 8.63. The number of unbranched alkanes of at least 4 members (excludes halogenated alkanes) is 1. The molecule has 148 valence electrons. The van der Waals surface area contributed by atoms with E-state index in [0.29, 0.717) is 6.61 Å². The van der Waals surface area contributed by atoms with Crippen LogP contribution >= 0.6 is 0 Å². The van der Waals surface area contributed by atoms with Gasteiger partial charge in [-0.1, -0.05) is 69.5 Å². The standard InChI is InChI=1S/C8H8.C7H12O2.C6H8O4/c1-2-8-6-4-3-5-7-8;1-3-5-6-9-7(8)4-2;1-4(6(9)10)2-3-5(7)8/h2-7H,1H2;4H,2-3,5-6H2,1H3;1-3H2,(H,7,8)(H,9,10). The van der Waals surface area contributed by atoms with E-state index in [1.54, 1.807) is 0 Å². The first-order valence-electron chi connectivity index (χ1n) is 8.37. The van der Waals surface area contributed by atoms with Gasteiger partial charge in [-0.25, -0.2) is 9.59 Å². The Hall–Kier alpha value is -3.15. The minimum absolute atomic E-state index is 0.00463. The molecule has 6 heteroatoms. The Balaban J connectivity index is 0. The Morgan fingerprint density at radius 1 is 1.07 bits per heavy atom. The van der Waals surface area contributed by atoms with Crippen LogP contribution in [0.4, 0.5) is 0 Å². The summed E-state index contributed by atoms with van der Waals surface area (Å²) in [7, 11) is 0. The van der Waals surface area contributed by atoms with Crippen LogP contribution in [0.2, 0.25) is 0 Å². The monoisotopic (exact) mass is 376 g/mol. The highest BCUT2D eigenvalue weighted by Gasteiger charge is 2.05. The molecule has 0 unspecified atom stereocenters. The van der Waals surface area contributed by atoms with E-state index in [1.807, 2.05) is 43.3 Å². The summed E-state index contributed by atoms with van der Waals surface area (Å²) in [5.41, 5.74) is 1.11. The zero-order chi connectivity index (χ0) is 21.1. The molecule has 0 aliphatic rings. The van der Waals surface area contributed by atoms with Gasteiger partial charge in [-0.3, -0.25) is 4.79 Å². The second kappa shape index (κ2) is 17.7. The van der Waals surface area contributed by atoms with Gasteiger partial charge in [-0.05, 0) is 18.4 Å². The fourth-order valence-electron chi connectivity index (χ4n) is 1.33. The van der Waals surface area contributed by atoms with E-state index >= 15 is 0 Å². The lowest BCUT2D eigenvalue weighted by molar-refractivity contribution is -0.138. The Morgan fingerprint density at radius 3 is 2.04 bits per heavy atom. The van der Waals surface area contributed by atoms with Crippen molar-refractivity contribution >= 4 is 24.0 Å². The van der Waals surface area contributed by atoms with E-state index in [4.69, 9.17) is 10.2 Å². The van der Waals surface area contributed by atoms with Crippen molar-refractivity contribution < 1.29 is 29.3 Å². The highest BCUT2D eigenvalue weighted by atomic mass is 16.5. The van der Waals surface area contributed by atoms with Crippen LogP contribution in [0.25, 0.3) is 6.08 Å². The maximum atomic E-state index is 10.3. The van der Waals surface area contributed by atoms with Gasteiger partial charge < -0.3 is 14.9 Å². The minimum Gasteiger partial charge on any atom is -0.481 e. The number of rotatable bonds is 9. The molecule has 27 heavy (non-hydrogen) atoms. The van der Waals surface area contributed by atoms with Gasteiger partial charge in [0.15, 0.2) is 0 Å². The van der Waals surface area contributed by atoms with Gasteiger partial charge in [0.25, 0.3) is 0 Å². The summed E-state index contributed by atoms with van der Waals surface area (Å²) in [4.78, 5) is 30.3. The van der Waals surface area contributed by atoms with Crippen LogP contribution in [0.15, 0.2) is 61.7 Å². The van der Waals surface area contributed by atoms with Crippen LogP contribution in [0, 0.1) is 0 Å². The molecule has 1 rings (SSSR count). The van der Waals surface area contributed by atoms with Crippen LogP contribution < -0.4 is 0 Å². The molecule has 0 spiro atoms. The fourth-order valence-corrected chi connectivity index (χ4v) is 1.33. The lowest BCUT2D eigenvalue weighted by Gasteiger charge is -1.97. The number of ether oxygens (including phenoxy) is 1. The van der Waals surface area contributed by atoms with E-state index in [9.17, 15) is 14.4 Å². The third kappa shape index (κ3) is 19.0. The smallest absolute Gasteiger partial charge is 0.330 e. The molecule has 0 saturated carbocycles. The van der Waals surface area contributed by atoms with Gasteiger partial charge in [0, 0.05) is 18.1 Å². The molecule has 0 bridgehead atoms. The van der Waals surface area contributed by atoms with Crippen molar-refractivity contribution in [3.63, 3.8) is 0 Å². The number of benzene rings is 1. The summed E-state index contributed by atoms with van der Waals surface area (Å²) in [5, 5.41) is 16.3. The van der Waals surface area contributed by atoms with Gasteiger partial charge >= 0.3 is 17.9 Å². The summed E-state index contributed by atoms with van der Waals surface area (Å²) in [6.45, 7) is 12.6. The van der Waals surface area contributed by atoms with Crippen molar-refractivity contribution in [1.82, 2.24) is 0 Å². The number of carbonyl (C=O) groups excluding carboxylic acids is 1. The molecule has 1 aromatic rings. The van der Waals surface area contributed by atoms with Crippen molar-refractivity contribution in [3.8, 4) is 0 Å². The highest BCUT2D eigenvalue weighted by Crippen LogP contribution is 2.01. The Kier molecular flexibility index (Phi) is 17.1. The van der Waals surface area contributed by atoms with Crippen LogP contribution in [0.5, 0.6) is 0 Å². The van der Waals surface area contributed by atoms with Crippen LogP contribution in [-0.4, -0.2) is 34.7 Å². The van der Waals surface area contributed by atoms with Crippen molar-refractivity contribution in [1.29, 1.82) is 0 Å². The molecule has 0 saturated heterocycles. The molecule has 0 aliphatic carbocycles. The minimum atomic E-state index is -1.14. The van der Waals surface area contributed by atoms with E-state index in [2.05, 4.69) is 24.5 Å². The SMILES string of the molecule is C=C(CCC(=O)O)C(=O)O.C=CC(=O)OCCCC.C=Cc1ccccc1. The van der Waals surface area contributed by atoms with E-state index < -0.39 is 11.9 Å². The number of esters is 1. The first-order valence-corrected chi connectivity index (χ1v) is 8.37. The molecule has 2 N–H and O–H groups in total. The first kappa shape index (κ1) is 26.1. The van der Waals surface area contributed by atoms with E-state index in [0.717, 1.165) is 12.8 Å². The Bertz CT molecular complexity index is 604. The van der Waals surface area contributed by atoms with Gasteiger partial charge in [0.2, 0.25) is 0 Å². The second-order valence-electron chi connectivity index (χ2n) is 5.14. The second-order valence-corrected chi connectivity index (χ2v) is 5.14.